The molecule has 1 fully saturated rings. The zero-order valence-corrected chi connectivity index (χ0v) is 22.9. The second-order valence-electron chi connectivity index (χ2n) is 10.2. The molecular weight excluding hydrogens is 508 g/mol. The summed E-state index contributed by atoms with van der Waals surface area (Å²) in [4.78, 5) is 39.0. The van der Waals surface area contributed by atoms with Crippen LogP contribution in [-0.2, 0) is 27.2 Å². The van der Waals surface area contributed by atoms with E-state index in [0.717, 1.165) is 57.9 Å². The summed E-state index contributed by atoms with van der Waals surface area (Å²) in [6.07, 6.45) is 1.67. The third kappa shape index (κ3) is 6.82. The number of hydrogen-bond donors (Lipinski definition) is 4. The van der Waals surface area contributed by atoms with Crippen molar-refractivity contribution in [3.8, 4) is 0 Å². The second kappa shape index (κ2) is 12.4. The van der Waals surface area contributed by atoms with Crippen molar-refractivity contribution < 1.29 is 14.4 Å². The van der Waals surface area contributed by atoms with Gasteiger partial charge in [0.15, 0.2) is 0 Å². The number of amides is 3. The van der Waals surface area contributed by atoms with Crippen molar-refractivity contribution in [3.63, 3.8) is 0 Å². The molecule has 39 heavy (non-hydrogen) atoms. The molecule has 0 spiro atoms. The molecule has 3 aromatic carbocycles. The van der Waals surface area contributed by atoms with Gasteiger partial charge in [0, 0.05) is 30.4 Å². The lowest BCUT2D eigenvalue weighted by atomic mass is 9.96. The van der Waals surface area contributed by atoms with Crippen LogP contribution in [0.15, 0.2) is 72.1 Å². The van der Waals surface area contributed by atoms with Gasteiger partial charge in [0.2, 0.25) is 17.7 Å². The van der Waals surface area contributed by atoms with Gasteiger partial charge in [-0.15, -0.1) is 11.3 Å². The van der Waals surface area contributed by atoms with Crippen LogP contribution in [0, 0.1) is 5.92 Å². The highest BCUT2D eigenvalue weighted by molar-refractivity contribution is 7.17. The van der Waals surface area contributed by atoms with Crippen LogP contribution in [0.2, 0.25) is 0 Å². The molecule has 0 bridgehead atoms. The first kappa shape index (κ1) is 26.8. The molecule has 0 saturated carbocycles. The minimum absolute atomic E-state index is 0.0956. The Labute approximate surface area is 232 Å². The molecule has 1 aromatic heterocycles. The van der Waals surface area contributed by atoms with Crippen LogP contribution in [-0.4, -0.2) is 43.0 Å². The molecule has 5 rings (SSSR count). The van der Waals surface area contributed by atoms with Gasteiger partial charge < -0.3 is 21.3 Å². The molecule has 0 aliphatic carbocycles. The number of hydrogen-bond acceptors (Lipinski definition) is 5. The topological polar surface area (TPSA) is 99.3 Å². The summed E-state index contributed by atoms with van der Waals surface area (Å²) in [6, 6.07) is 21.5. The SMILES string of the molecule is CC(=O)N[C@@H](Cc1ccc2ccccc2c1)NC(=O)[C@@H](Cc1csc2ccccc12)NC(=O)C1CCNCC1. The van der Waals surface area contributed by atoms with Crippen LogP contribution in [0.1, 0.15) is 30.9 Å². The largest absolute Gasteiger partial charge is 0.344 e. The number of fused-ring (bicyclic) bond motifs is 2. The standard InChI is InChI=1S/C31H34N4O3S/c1-20(36)33-29(17-21-10-11-22-6-2-3-7-24(22)16-21)35-31(38)27(34-30(37)23-12-14-32-15-13-23)18-25-19-39-28-9-5-4-8-26(25)28/h2-11,16,19,23,27,29,32H,12-15,17-18H2,1H3,(H,33,36)(H,34,37)(H,35,38)/t27-,29-/m1/s1. The Morgan fingerprint density at radius 2 is 1.64 bits per heavy atom. The highest BCUT2D eigenvalue weighted by atomic mass is 32.1. The van der Waals surface area contributed by atoms with Gasteiger partial charge in [-0.2, -0.15) is 0 Å². The Hall–Kier alpha value is -3.75. The maximum atomic E-state index is 13.7. The van der Waals surface area contributed by atoms with E-state index < -0.39 is 12.2 Å². The second-order valence-corrected chi connectivity index (χ2v) is 11.1. The molecule has 0 radical (unpaired) electrons. The van der Waals surface area contributed by atoms with Crippen molar-refractivity contribution in [2.75, 3.05) is 13.1 Å². The molecular formula is C31H34N4O3S. The molecule has 1 aliphatic rings. The lowest BCUT2D eigenvalue weighted by molar-refractivity contribution is -0.132. The van der Waals surface area contributed by atoms with E-state index in [0.29, 0.717) is 12.8 Å². The number of carbonyl (C=O) groups is 3. The Kier molecular flexibility index (Phi) is 8.54. The maximum absolute atomic E-state index is 13.7. The smallest absolute Gasteiger partial charge is 0.244 e. The van der Waals surface area contributed by atoms with Crippen molar-refractivity contribution in [1.82, 2.24) is 21.3 Å². The van der Waals surface area contributed by atoms with Gasteiger partial charge in [0.25, 0.3) is 0 Å². The monoisotopic (exact) mass is 542 g/mol. The number of benzene rings is 3. The molecule has 4 N–H and O–H groups in total. The number of nitrogens with one attached hydrogen (secondary N) is 4. The molecule has 1 saturated heterocycles. The predicted octanol–water partition coefficient (Wildman–Crippen LogP) is 3.90. The highest BCUT2D eigenvalue weighted by Gasteiger charge is 2.29. The summed E-state index contributed by atoms with van der Waals surface area (Å²) in [5.41, 5.74) is 2.01. The number of thiophene rings is 1. The average Bonchev–Trinajstić information content (AvgIpc) is 3.35. The van der Waals surface area contributed by atoms with Crippen LogP contribution in [0.3, 0.4) is 0 Å². The molecule has 1 aliphatic heterocycles. The van der Waals surface area contributed by atoms with Gasteiger partial charge in [-0.1, -0.05) is 60.7 Å². The van der Waals surface area contributed by atoms with E-state index in [4.69, 9.17) is 0 Å². The van der Waals surface area contributed by atoms with Crippen molar-refractivity contribution in [2.24, 2.45) is 5.92 Å². The van der Waals surface area contributed by atoms with Gasteiger partial charge in [-0.25, -0.2) is 0 Å². The van der Waals surface area contributed by atoms with E-state index in [1.54, 1.807) is 11.3 Å². The quantitative estimate of drug-likeness (QED) is 0.241. The molecule has 0 unspecified atom stereocenters. The van der Waals surface area contributed by atoms with Crippen LogP contribution >= 0.6 is 11.3 Å². The fraction of sp³-hybridized carbons (Fsp3) is 0.323. The van der Waals surface area contributed by atoms with E-state index >= 15 is 0 Å². The first-order valence-electron chi connectivity index (χ1n) is 13.5. The summed E-state index contributed by atoms with van der Waals surface area (Å²) < 4.78 is 1.14. The van der Waals surface area contributed by atoms with Crippen molar-refractivity contribution >= 4 is 49.9 Å². The lowest BCUT2D eigenvalue weighted by Gasteiger charge is -2.27. The first-order valence-corrected chi connectivity index (χ1v) is 14.4. The normalized spacial score (nSPS) is 15.5. The number of carbonyl (C=O) groups excluding carboxylic acids is 3. The molecule has 7 nitrogen and oxygen atoms in total. The zero-order valence-electron chi connectivity index (χ0n) is 22.0. The minimum Gasteiger partial charge on any atom is -0.344 e. The third-order valence-corrected chi connectivity index (χ3v) is 8.29. The van der Waals surface area contributed by atoms with E-state index in [9.17, 15) is 14.4 Å². The Morgan fingerprint density at radius 1 is 0.897 bits per heavy atom. The van der Waals surface area contributed by atoms with Crippen molar-refractivity contribution in [3.05, 3.63) is 83.2 Å². The third-order valence-electron chi connectivity index (χ3n) is 7.28. The van der Waals surface area contributed by atoms with Crippen LogP contribution in [0.4, 0.5) is 0 Å². The summed E-state index contributed by atoms with van der Waals surface area (Å²) in [5, 5.41) is 17.6. The summed E-state index contributed by atoms with van der Waals surface area (Å²) in [5.74, 6) is -0.765. The fourth-order valence-corrected chi connectivity index (χ4v) is 6.23. The van der Waals surface area contributed by atoms with Gasteiger partial charge in [-0.3, -0.25) is 14.4 Å². The molecule has 4 aromatic rings. The fourth-order valence-electron chi connectivity index (χ4n) is 5.25. The number of rotatable bonds is 9. The Morgan fingerprint density at radius 3 is 2.44 bits per heavy atom. The molecule has 2 atom stereocenters. The van der Waals surface area contributed by atoms with Gasteiger partial charge in [0.1, 0.15) is 12.2 Å². The first-order chi connectivity index (χ1) is 19.0. The average molecular weight is 543 g/mol. The molecule has 202 valence electrons. The summed E-state index contributed by atoms with van der Waals surface area (Å²) in [6.45, 7) is 3.02. The Bertz CT molecular complexity index is 1480. The van der Waals surface area contributed by atoms with Gasteiger partial charge in [0.05, 0.1) is 0 Å². The van der Waals surface area contributed by atoms with Gasteiger partial charge >= 0.3 is 0 Å². The van der Waals surface area contributed by atoms with E-state index in [2.05, 4.69) is 44.8 Å². The Balaban J connectivity index is 1.36. The number of piperidine rings is 1. The maximum Gasteiger partial charge on any atom is 0.244 e. The molecule has 2 heterocycles. The van der Waals surface area contributed by atoms with Gasteiger partial charge in [-0.05, 0) is 64.7 Å². The predicted molar refractivity (Wildman–Crippen MR) is 156 cm³/mol. The molecule has 3 amide bonds. The van der Waals surface area contributed by atoms with E-state index in [-0.39, 0.29) is 23.6 Å². The van der Waals surface area contributed by atoms with Crippen LogP contribution in [0.5, 0.6) is 0 Å². The van der Waals surface area contributed by atoms with E-state index in [1.807, 2.05) is 48.5 Å². The lowest BCUT2D eigenvalue weighted by Crippen LogP contribution is -2.56. The van der Waals surface area contributed by atoms with Crippen LogP contribution < -0.4 is 21.3 Å². The highest BCUT2D eigenvalue weighted by Crippen LogP contribution is 2.27. The van der Waals surface area contributed by atoms with Crippen LogP contribution in [0.25, 0.3) is 20.9 Å². The van der Waals surface area contributed by atoms with E-state index in [1.165, 1.54) is 6.92 Å². The minimum atomic E-state index is -0.766. The van der Waals surface area contributed by atoms with Crippen molar-refractivity contribution in [2.45, 2.75) is 44.8 Å². The summed E-state index contributed by atoms with van der Waals surface area (Å²) >= 11 is 1.63. The van der Waals surface area contributed by atoms with Crippen molar-refractivity contribution in [1.29, 1.82) is 0 Å². The zero-order chi connectivity index (χ0) is 27.2. The summed E-state index contributed by atoms with van der Waals surface area (Å²) in [7, 11) is 0. The molecule has 8 heteroatoms.